The average Bonchev–Trinajstić information content (AvgIpc) is 2.59. The summed E-state index contributed by atoms with van der Waals surface area (Å²) in [6, 6.07) is 0. The van der Waals surface area contributed by atoms with E-state index in [1.807, 2.05) is 0 Å². The van der Waals surface area contributed by atoms with Crippen LogP contribution in [0.5, 0.6) is 0 Å². The van der Waals surface area contributed by atoms with Crippen molar-refractivity contribution in [1.29, 1.82) is 0 Å². The van der Waals surface area contributed by atoms with Crippen molar-refractivity contribution < 1.29 is 5.21 Å². The maximum atomic E-state index is 8.53. The summed E-state index contributed by atoms with van der Waals surface area (Å²) in [5, 5.41) is 12.2. The van der Waals surface area contributed by atoms with Gasteiger partial charge in [-0.1, -0.05) is 5.16 Å². The normalized spacial score (nSPS) is 12.2. The lowest BCUT2D eigenvalue weighted by Gasteiger charge is -1.95. The summed E-state index contributed by atoms with van der Waals surface area (Å²) >= 11 is 0. The third-order valence-electron chi connectivity index (χ3n) is 1.94. The van der Waals surface area contributed by atoms with Crippen LogP contribution in [-0.2, 0) is 0 Å². The molecule has 0 saturated heterocycles. The Morgan fingerprint density at radius 2 is 2.43 bits per heavy atom. The monoisotopic (exact) mass is 191 g/mol. The van der Waals surface area contributed by atoms with Gasteiger partial charge in [0.2, 0.25) is 0 Å². The minimum absolute atomic E-state index is 0.0451. The molecule has 2 aromatic heterocycles. The molecule has 0 saturated carbocycles. The molecule has 6 nitrogen and oxygen atoms in total. The molecule has 0 bridgehead atoms. The van der Waals surface area contributed by atoms with Gasteiger partial charge in [0.15, 0.2) is 5.84 Å². The second-order valence-corrected chi connectivity index (χ2v) is 2.87. The van der Waals surface area contributed by atoms with E-state index in [0.29, 0.717) is 17.0 Å². The second kappa shape index (κ2) is 2.99. The molecule has 2 aromatic rings. The van der Waals surface area contributed by atoms with Crippen LogP contribution >= 0.6 is 0 Å². The van der Waals surface area contributed by atoms with Crippen molar-refractivity contribution in [3.05, 3.63) is 23.8 Å². The highest BCUT2D eigenvalue weighted by molar-refractivity contribution is 6.07. The Labute approximate surface area is 79.5 Å². The van der Waals surface area contributed by atoms with Gasteiger partial charge in [-0.2, -0.15) is 0 Å². The minimum atomic E-state index is 0.0451. The molecule has 0 amide bonds. The van der Waals surface area contributed by atoms with Crippen molar-refractivity contribution in [3.8, 4) is 0 Å². The first-order valence-corrected chi connectivity index (χ1v) is 4.01. The number of nitrogens with one attached hydrogen (secondary N) is 1. The third kappa shape index (κ3) is 1.17. The number of H-pyrrole nitrogens is 1. The second-order valence-electron chi connectivity index (χ2n) is 2.87. The summed E-state index contributed by atoms with van der Waals surface area (Å²) in [4.78, 5) is 11.1. The maximum Gasteiger partial charge on any atom is 0.172 e. The van der Waals surface area contributed by atoms with E-state index in [4.69, 9.17) is 10.9 Å². The van der Waals surface area contributed by atoms with Crippen molar-refractivity contribution in [2.45, 2.75) is 6.92 Å². The zero-order valence-corrected chi connectivity index (χ0v) is 7.52. The van der Waals surface area contributed by atoms with Crippen LogP contribution in [0, 0.1) is 6.92 Å². The molecule has 72 valence electrons. The highest BCUT2D eigenvalue weighted by Gasteiger charge is 2.08. The Bertz CT molecular complexity index is 501. The van der Waals surface area contributed by atoms with Crippen LogP contribution in [0.1, 0.15) is 11.4 Å². The molecule has 6 heteroatoms. The number of nitrogens with zero attached hydrogens (tertiary/aromatic N) is 3. The molecule has 0 atom stereocenters. The van der Waals surface area contributed by atoms with Gasteiger partial charge >= 0.3 is 0 Å². The maximum absolute atomic E-state index is 8.53. The lowest BCUT2D eigenvalue weighted by Crippen LogP contribution is -2.12. The van der Waals surface area contributed by atoms with Gasteiger partial charge in [0.05, 0.1) is 0 Å². The summed E-state index contributed by atoms with van der Waals surface area (Å²) in [7, 11) is 0. The molecule has 0 aliphatic heterocycles. The number of hydrogen-bond acceptors (Lipinski definition) is 4. The van der Waals surface area contributed by atoms with Crippen molar-refractivity contribution in [3.63, 3.8) is 0 Å². The number of aromatic amines is 1. The summed E-state index contributed by atoms with van der Waals surface area (Å²) in [5.41, 5.74) is 6.75. The molecule has 0 fully saturated rings. The number of hydrogen-bond donors (Lipinski definition) is 3. The fraction of sp³-hybridized carbons (Fsp3) is 0.125. The van der Waals surface area contributed by atoms with Gasteiger partial charge in [0.25, 0.3) is 0 Å². The highest BCUT2D eigenvalue weighted by Crippen LogP contribution is 2.14. The fourth-order valence-corrected chi connectivity index (χ4v) is 1.26. The molecule has 2 heterocycles. The van der Waals surface area contributed by atoms with Gasteiger partial charge in [-0.3, -0.25) is 0 Å². The first-order chi connectivity index (χ1) is 6.72. The summed E-state index contributed by atoms with van der Waals surface area (Å²) in [5.74, 6) is 0.717. The molecule has 0 aromatic carbocycles. The number of nitrogens with two attached hydrogens (primary N) is 1. The quantitative estimate of drug-likeness (QED) is 0.262. The van der Waals surface area contributed by atoms with Gasteiger partial charge < -0.3 is 15.9 Å². The van der Waals surface area contributed by atoms with Crippen LogP contribution in [0.15, 0.2) is 17.5 Å². The third-order valence-corrected chi connectivity index (χ3v) is 1.94. The Balaban J connectivity index is 2.70. The zero-order valence-electron chi connectivity index (χ0n) is 7.52. The van der Waals surface area contributed by atoms with Crippen LogP contribution in [0.25, 0.3) is 11.0 Å². The van der Waals surface area contributed by atoms with E-state index in [0.717, 1.165) is 5.39 Å². The molecule has 14 heavy (non-hydrogen) atoms. The van der Waals surface area contributed by atoms with Crippen molar-refractivity contribution in [2.24, 2.45) is 10.9 Å². The molecule has 2 rings (SSSR count). The number of aryl methyl sites for hydroxylation is 1. The predicted molar refractivity (Wildman–Crippen MR) is 51.1 cm³/mol. The number of aromatic nitrogens is 3. The molecule has 0 aliphatic carbocycles. The van der Waals surface area contributed by atoms with Gasteiger partial charge in [0, 0.05) is 23.3 Å². The Kier molecular flexibility index (Phi) is 1.81. The van der Waals surface area contributed by atoms with E-state index in [1.54, 1.807) is 19.3 Å². The average molecular weight is 191 g/mol. The summed E-state index contributed by atoms with van der Waals surface area (Å²) in [6.45, 7) is 1.80. The molecule has 0 radical (unpaired) electrons. The van der Waals surface area contributed by atoms with Gasteiger partial charge in [0.1, 0.15) is 11.5 Å². The molecular weight excluding hydrogens is 182 g/mol. The predicted octanol–water partition coefficient (Wildman–Crippen LogP) is 0.361. The van der Waals surface area contributed by atoms with Gasteiger partial charge in [-0.25, -0.2) is 9.97 Å². The lowest BCUT2D eigenvalue weighted by molar-refractivity contribution is 0.318. The van der Waals surface area contributed by atoms with Crippen LogP contribution in [0.2, 0.25) is 0 Å². The van der Waals surface area contributed by atoms with E-state index in [-0.39, 0.29) is 5.84 Å². The number of amidine groups is 1. The Hall–Kier alpha value is -2.11. The van der Waals surface area contributed by atoms with Crippen LogP contribution in [-0.4, -0.2) is 26.0 Å². The Morgan fingerprint density at radius 3 is 3.14 bits per heavy atom. The first kappa shape index (κ1) is 8.49. The van der Waals surface area contributed by atoms with Crippen molar-refractivity contribution in [1.82, 2.24) is 15.0 Å². The minimum Gasteiger partial charge on any atom is -0.409 e. The van der Waals surface area contributed by atoms with E-state index in [9.17, 15) is 0 Å². The standard InChI is InChI=1S/C8H9N5O/c1-4-10-3-6-5(7(9)13-14)2-11-8(6)12-4/h2-3,14H,1H3,(H2,9,13)(H,10,11,12). The van der Waals surface area contributed by atoms with Crippen LogP contribution in [0.3, 0.4) is 0 Å². The Morgan fingerprint density at radius 1 is 1.64 bits per heavy atom. The van der Waals surface area contributed by atoms with Crippen molar-refractivity contribution in [2.75, 3.05) is 0 Å². The van der Waals surface area contributed by atoms with Crippen LogP contribution in [0.4, 0.5) is 0 Å². The summed E-state index contributed by atoms with van der Waals surface area (Å²) < 4.78 is 0. The lowest BCUT2D eigenvalue weighted by atomic mass is 10.2. The van der Waals surface area contributed by atoms with Gasteiger partial charge in [-0.15, -0.1) is 0 Å². The molecule has 0 aliphatic rings. The zero-order chi connectivity index (χ0) is 10.1. The smallest absolute Gasteiger partial charge is 0.172 e. The summed E-state index contributed by atoms with van der Waals surface area (Å²) in [6.07, 6.45) is 3.27. The van der Waals surface area contributed by atoms with E-state index < -0.39 is 0 Å². The van der Waals surface area contributed by atoms with Crippen molar-refractivity contribution >= 4 is 16.9 Å². The first-order valence-electron chi connectivity index (χ1n) is 4.01. The number of oxime groups is 1. The topological polar surface area (TPSA) is 100 Å². The van der Waals surface area contributed by atoms with E-state index >= 15 is 0 Å². The molecular formula is C8H9N5O. The molecule has 4 N–H and O–H groups in total. The van der Waals surface area contributed by atoms with Crippen LogP contribution < -0.4 is 5.73 Å². The van der Waals surface area contributed by atoms with E-state index in [2.05, 4.69) is 20.1 Å². The van der Waals surface area contributed by atoms with Gasteiger partial charge in [-0.05, 0) is 6.92 Å². The largest absolute Gasteiger partial charge is 0.409 e. The molecule has 0 spiro atoms. The fourth-order valence-electron chi connectivity index (χ4n) is 1.26. The number of rotatable bonds is 1. The molecule has 0 unspecified atom stereocenters. The van der Waals surface area contributed by atoms with E-state index in [1.165, 1.54) is 0 Å². The number of fused-ring (bicyclic) bond motifs is 1. The SMILES string of the molecule is Cc1ncc2c(/C(N)=N\O)c[nH]c2n1. The highest BCUT2D eigenvalue weighted by atomic mass is 16.4.